The first kappa shape index (κ1) is 56.1. The van der Waals surface area contributed by atoms with Crippen LogP contribution in [-0.2, 0) is 35.5 Å². The maximum Gasteiger partial charge on any atom is 0.291 e. The number of nitrogens with one attached hydrogen (secondary N) is 6. The number of aliphatic hydroxyl groups excluding tert-OH is 1. The summed E-state index contributed by atoms with van der Waals surface area (Å²) >= 11 is 6.87. The summed E-state index contributed by atoms with van der Waals surface area (Å²) in [6.45, 7) is 8.82. The van der Waals surface area contributed by atoms with Crippen molar-refractivity contribution < 1.29 is 43.4 Å². The highest BCUT2D eigenvalue weighted by molar-refractivity contribution is 8.00. The summed E-state index contributed by atoms with van der Waals surface area (Å²) in [6.07, 6.45) is 12.6. The van der Waals surface area contributed by atoms with E-state index in [0.29, 0.717) is 72.4 Å². The molecule has 19 nitrogen and oxygen atoms in total. The van der Waals surface area contributed by atoms with Gasteiger partial charge in [-0.15, -0.1) is 0 Å². The number of aromatic nitrogens is 4. The second-order valence-electron chi connectivity index (χ2n) is 20.9. The van der Waals surface area contributed by atoms with Crippen molar-refractivity contribution in [3.63, 3.8) is 0 Å². The number of thiocarbonyl (C=S) groups is 1. The molecule has 3 fully saturated rings. The Kier molecular flexibility index (Phi) is 17.5. The fourth-order valence-electron chi connectivity index (χ4n) is 12.1. The summed E-state index contributed by atoms with van der Waals surface area (Å²) in [5.41, 5.74) is -3.76. The van der Waals surface area contributed by atoms with Gasteiger partial charge in [0.2, 0.25) is 5.91 Å². The van der Waals surface area contributed by atoms with Crippen molar-refractivity contribution >= 4 is 75.7 Å². The number of nitrogens with zero attached hydrogens (tertiary/aromatic N) is 5. The molecule has 0 saturated heterocycles. The normalized spacial score (nSPS) is 26.9. The van der Waals surface area contributed by atoms with Crippen molar-refractivity contribution in [2.24, 2.45) is 49.7 Å². The van der Waals surface area contributed by atoms with E-state index in [-0.39, 0.29) is 60.0 Å². The molecule has 4 aliphatic carbocycles. The molecule has 0 aromatic carbocycles. The highest BCUT2D eigenvalue weighted by atomic mass is 32.2. The Morgan fingerprint density at radius 3 is 2.19 bits per heavy atom. The number of fused-ring (bicyclic) bond motifs is 5. The average molecular weight is 1060 g/mol. The zero-order valence-corrected chi connectivity index (χ0v) is 45.0. The van der Waals surface area contributed by atoms with Crippen molar-refractivity contribution in [2.75, 3.05) is 68.5 Å². The van der Waals surface area contributed by atoms with Crippen LogP contribution in [0, 0.1) is 28.6 Å². The average Bonchev–Trinajstić information content (AvgIpc) is 4.10. The van der Waals surface area contributed by atoms with Gasteiger partial charge in [0, 0.05) is 101 Å². The van der Waals surface area contributed by atoms with Gasteiger partial charge >= 0.3 is 0 Å². The molecule has 0 radical (unpaired) electrons. The molecule has 8 N–H and O–H groups in total. The number of carbonyl (C=O) groups is 6. The number of ketones is 2. The summed E-state index contributed by atoms with van der Waals surface area (Å²) in [6, 6.07) is 3.08. The third-order valence-corrected chi connectivity index (χ3v) is 17.4. The lowest BCUT2D eigenvalue weighted by molar-refractivity contribution is -0.218. The molecule has 3 aromatic rings. The highest BCUT2D eigenvalue weighted by Gasteiger charge is 2.75. The van der Waals surface area contributed by atoms with Crippen molar-refractivity contribution in [1.82, 2.24) is 44.9 Å². The first-order chi connectivity index (χ1) is 35.0. The molecule has 3 heterocycles. The Hall–Kier alpha value is -5.68. The lowest BCUT2D eigenvalue weighted by atomic mass is 9.44. The molecular formula is C52H72FN11O8S2. The summed E-state index contributed by atoms with van der Waals surface area (Å²) in [5.74, 6) is -2.33. The fourth-order valence-corrected chi connectivity index (χ4v) is 13.1. The number of allylic oxidation sites excluding steroid dienone is 4. The summed E-state index contributed by atoms with van der Waals surface area (Å²) in [4.78, 5) is 83.5. The third-order valence-electron chi connectivity index (χ3n) is 16.1. The van der Waals surface area contributed by atoms with Gasteiger partial charge in [0.25, 0.3) is 17.7 Å². The Morgan fingerprint density at radius 2 is 1.53 bits per heavy atom. The number of amides is 4. The minimum Gasteiger partial charge on any atom is -0.390 e. The molecule has 0 spiro atoms. The van der Waals surface area contributed by atoms with Crippen LogP contribution < -0.4 is 31.9 Å². The third kappa shape index (κ3) is 11.3. The van der Waals surface area contributed by atoms with Crippen molar-refractivity contribution in [3.8, 4) is 0 Å². The van der Waals surface area contributed by atoms with Gasteiger partial charge < -0.3 is 60.7 Å². The molecule has 7 rings (SSSR count). The molecule has 3 aromatic heterocycles. The zero-order chi connectivity index (χ0) is 53.8. The molecule has 4 amide bonds. The molecule has 8 atom stereocenters. The van der Waals surface area contributed by atoms with Gasteiger partial charge in [-0.25, -0.2) is 9.37 Å². The second kappa shape index (κ2) is 23.1. The number of Topliss-reactive ketones (excluding diaryl/α,β-unsaturated/α-hetero) is 1. The number of thioether (sulfide) groups is 1. The topological polar surface area (TPSA) is 246 Å². The van der Waals surface area contributed by atoms with E-state index in [1.54, 1.807) is 78.6 Å². The lowest BCUT2D eigenvalue weighted by Crippen LogP contribution is -2.69. The number of imidazole rings is 1. The van der Waals surface area contributed by atoms with E-state index < -0.39 is 57.8 Å². The predicted molar refractivity (Wildman–Crippen MR) is 285 cm³/mol. The van der Waals surface area contributed by atoms with Crippen LogP contribution in [0.4, 0.5) is 15.8 Å². The number of alkyl halides is 1. The minimum absolute atomic E-state index is 0.0444. The molecule has 0 unspecified atom stereocenters. The summed E-state index contributed by atoms with van der Waals surface area (Å²) < 4.78 is 22.2. The van der Waals surface area contributed by atoms with Crippen LogP contribution in [0.15, 0.2) is 60.7 Å². The van der Waals surface area contributed by atoms with E-state index in [0.717, 1.165) is 25.9 Å². The molecule has 4 aliphatic rings. The number of anilines is 2. The monoisotopic (exact) mass is 1060 g/mol. The maximum absolute atomic E-state index is 17.5. The summed E-state index contributed by atoms with van der Waals surface area (Å²) in [5, 5.41) is 42.0. The van der Waals surface area contributed by atoms with Gasteiger partial charge in [0.1, 0.15) is 17.0 Å². The van der Waals surface area contributed by atoms with Crippen molar-refractivity contribution in [1.29, 1.82) is 0 Å². The highest BCUT2D eigenvalue weighted by Crippen LogP contribution is 2.70. The molecule has 0 bridgehead atoms. The van der Waals surface area contributed by atoms with Crippen LogP contribution in [0.5, 0.6) is 0 Å². The van der Waals surface area contributed by atoms with Crippen LogP contribution in [0.25, 0.3) is 0 Å². The Bertz CT molecular complexity index is 2700. The van der Waals surface area contributed by atoms with Crippen LogP contribution in [0.2, 0.25) is 0 Å². The Labute approximate surface area is 441 Å². The van der Waals surface area contributed by atoms with E-state index in [4.69, 9.17) is 12.2 Å². The number of aliphatic hydroxyl groups is 2. The van der Waals surface area contributed by atoms with E-state index in [1.807, 2.05) is 20.9 Å². The molecule has 0 aliphatic heterocycles. The van der Waals surface area contributed by atoms with Crippen LogP contribution in [0.3, 0.4) is 0 Å². The lowest BCUT2D eigenvalue weighted by Gasteiger charge is -2.62. The quantitative estimate of drug-likeness (QED) is 0.0529. The van der Waals surface area contributed by atoms with E-state index >= 15 is 4.39 Å². The number of carbonyl (C=O) groups excluding carboxylic acids is 6. The number of rotatable bonds is 22. The molecule has 22 heteroatoms. The number of hydrogen-bond donors (Lipinski definition) is 8. The van der Waals surface area contributed by atoms with Gasteiger partial charge in [0.15, 0.2) is 28.2 Å². The van der Waals surface area contributed by atoms with E-state index in [2.05, 4.69) is 41.8 Å². The van der Waals surface area contributed by atoms with Gasteiger partial charge in [-0.3, -0.25) is 28.8 Å². The van der Waals surface area contributed by atoms with Crippen LogP contribution in [-0.4, -0.2) is 149 Å². The van der Waals surface area contributed by atoms with Gasteiger partial charge in [-0.05, 0) is 114 Å². The largest absolute Gasteiger partial charge is 0.390 e. The van der Waals surface area contributed by atoms with Gasteiger partial charge in [-0.2, -0.15) is 11.8 Å². The van der Waals surface area contributed by atoms with Crippen molar-refractivity contribution in [2.45, 2.75) is 83.1 Å². The van der Waals surface area contributed by atoms with Crippen molar-refractivity contribution in [3.05, 3.63) is 77.9 Å². The minimum atomic E-state index is -2.02. The Balaban J connectivity index is 0.719. The standard InChI is InChI=1S/C52H72FN11O8S2/c1-32-24-38-37-11-10-33-25-36(65)12-14-49(33,2)51(37,53)41(66)28-50(38,3)52(32,72)42(67)31-74-23-19-58-48(73)57-16-9-21-61(4)20-8-15-54-43(68)13-17-56-45(69)39-26-34(29-63(39)6)59-46(70)40-27-35(30-64(40)7)60-47(71)44-55-18-22-62(44)5/h12,14,18,22,25-27,29-30,32,37-38,41,66,72H,8-11,13,15-17,19-21,23-24,28,31H2,1-7H3,(H,54,68)(H,56,69)(H,59,70)(H,60,71)(H2,57,58,73)/t32-,37+,38+,41+,49+,50+,51+,52+/m1/s1. The SMILES string of the molecule is C[C@@H]1C[C@H]2[C@@H]3CCC4=CC(=O)C=C[C@]4(C)[C@@]3(F)[C@@H](O)C[C@]2(C)[C@@]1(O)C(=O)CSCCNC(=S)NCCCN(C)CCCNC(=O)CCNC(=O)c1cc(NC(=O)c2cc(NC(=O)c3nccn3C)cn2C)cn1C. The van der Waals surface area contributed by atoms with E-state index in [9.17, 15) is 39.0 Å². The predicted octanol–water partition coefficient (Wildman–Crippen LogP) is 3.66. The van der Waals surface area contributed by atoms with Gasteiger partial charge in [-0.1, -0.05) is 25.5 Å². The number of aryl methyl sites for hydroxylation is 3. The molecule has 3 saturated carbocycles. The van der Waals surface area contributed by atoms with Crippen LogP contribution >= 0.6 is 24.0 Å². The first-order valence-corrected chi connectivity index (χ1v) is 26.9. The first-order valence-electron chi connectivity index (χ1n) is 25.4. The fraction of sp³-hybridized carbons (Fsp3) is 0.577. The van der Waals surface area contributed by atoms with Crippen LogP contribution in [0.1, 0.15) is 97.3 Å². The van der Waals surface area contributed by atoms with Gasteiger partial charge in [0.05, 0.1) is 23.2 Å². The Morgan fingerprint density at radius 1 is 0.892 bits per heavy atom. The summed E-state index contributed by atoms with van der Waals surface area (Å²) in [7, 11) is 7.06. The molecule has 74 heavy (non-hydrogen) atoms. The second-order valence-corrected chi connectivity index (χ2v) is 22.4. The molecular weight excluding hydrogens is 990 g/mol. The molecule has 402 valence electrons. The maximum atomic E-state index is 17.5. The smallest absolute Gasteiger partial charge is 0.291 e. The van der Waals surface area contributed by atoms with E-state index in [1.165, 1.54) is 30.1 Å². The zero-order valence-electron chi connectivity index (χ0n) is 43.4. The number of hydrogen-bond acceptors (Lipinski definition) is 12. The number of halogens is 1.